The number of nitrogens with one attached hydrogen (secondary N) is 4. The maximum absolute atomic E-state index is 12.4. The molecule has 0 radical (unpaired) electrons. The van der Waals surface area contributed by atoms with E-state index in [-0.39, 0.29) is 135 Å². The number of amides is 6. The monoisotopic (exact) mass is 1460 g/mol. The molecule has 5 atom stereocenters. The van der Waals surface area contributed by atoms with E-state index < -0.39 is 31.3 Å². The van der Waals surface area contributed by atoms with Crippen LogP contribution in [0.5, 0.6) is 0 Å². The number of benzene rings is 2. The Kier molecular flexibility index (Phi) is 36.9. The van der Waals surface area contributed by atoms with Crippen molar-refractivity contribution in [1.82, 2.24) is 15.7 Å². The molecule has 15 nitrogen and oxygen atoms in total. The second kappa shape index (κ2) is 37.9. The molecule has 4 saturated carbocycles. The van der Waals surface area contributed by atoms with Crippen LogP contribution in [0.3, 0.4) is 0 Å². The predicted molar refractivity (Wildman–Crippen MR) is 262 cm³/mol. The van der Waals surface area contributed by atoms with Gasteiger partial charge in [-0.3, -0.25) is 4.79 Å². The SMILES string of the molecule is C1CCCC1.CC1CC(=O)N(OC(=O)c2ccc(NC(=O)CC3CCC(C)C3C)[c-][c]2[Hg])C1=O.CC1CCCC1.CP(=O)([O-])OCCCCCCNC(=O)c1ccc(NC(=O)NC2CCCC2)cc1.[Fe].[Fe].[He].[Hf]. The number of carbonyl (C=O) groups excluding carboxylic acids is 6. The molecule has 5 unspecified atom stereocenters. The van der Waals surface area contributed by atoms with Gasteiger partial charge in [0.1, 0.15) is 7.60 Å². The predicted octanol–water partition coefficient (Wildman–Crippen LogP) is 9.52. The number of anilines is 2. The van der Waals surface area contributed by atoms with E-state index in [4.69, 9.17) is 9.36 Å². The standard InChI is InChI=1S/C21H24N2O5.C20H32N3O5P.C6H12.C5H10.2Fe.He.Hf.Hg/c1-12-4-5-16(14(12)3)11-18(24)22-17-8-6-15(7-9-17)21(27)28-23-19(25)10-13(2)20(23)26;1-29(26,27)28-15-7-3-2-6-14-21-19(24)16-10-12-18(13-11-16)23-20(25)22-17-8-4-5-9-17;1-6-4-2-3-5-6;1-2-4-5-3-1;;;;;/h6,8,12-14,16H,4-5,10-11H2,1-3H3,(H,22,24);10-13,17H,2-9,14-15H2,1H3,(H,21,24)(H,26,27)(H2,22,23,25);6H,2-5H2,1H3;1-5H2;;;;;/q-1;;;;;;;;/p-1. The quantitative estimate of drug-likeness (QED) is 0.0411. The van der Waals surface area contributed by atoms with Crippen LogP contribution in [0.25, 0.3) is 0 Å². The maximum Gasteiger partial charge on any atom is 0.319 e. The first-order chi connectivity index (χ1) is 32.9. The summed E-state index contributed by atoms with van der Waals surface area (Å²) in [5, 5.41) is 12.0. The molecule has 2 aromatic carbocycles. The first-order valence-corrected chi connectivity index (χ1v) is 30.3. The van der Waals surface area contributed by atoms with Crippen LogP contribution in [0.2, 0.25) is 0 Å². The molecule has 0 aromatic heterocycles. The second-order valence-electron chi connectivity index (χ2n) is 19.8. The third-order valence-electron chi connectivity index (χ3n) is 13.8. The van der Waals surface area contributed by atoms with Gasteiger partial charge in [0, 0.05) is 96.6 Å². The molecule has 401 valence electrons. The number of nitrogens with zero attached hydrogens (tertiary/aromatic N) is 1. The van der Waals surface area contributed by atoms with Gasteiger partial charge in [-0.2, -0.15) is 0 Å². The van der Waals surface area contributed by atoms with E-state index in [1.165, 1.54) is 57.8 Å². The van der Waals surface area contributed by atoms with Crippen molar-refractivity contribution in [1.29, 1.82) is 0 Å². The van der Waals surface area contributed by atoms with E-state index in [0.717, 1.165) is 70.4 Å². The number of rotatable bonds is 16. The number of hydrogen-bond donors (Lipinski definition) is 4. The molecule has 1 saturated heterocycles. The number of imide groups is 1. The zero-order chi connectivity index (χ0) is 50.3. The van der Waals surface area contributed by atoms with Gasteiger partial charge in [0.25, 0.3) is 5.91 Å². The normalized spacial score (nSPS) is 20.8. The summed E-state index contributed by atoms with van der Waals surface area (Å²) in [6.45, 7) is 10.2. The Hall–Kier alpha value is -1.84. The molecule has 0 bridgehead atoms. The molecular weight excluding hydrogens is 1380 g/mol. The van der Waals surface area contributed by atoms with E-state index in [1.54, 1.807) is 43.3 Å². The maximum atomic E-state index is 12.4. The van der Waals surface area contributed by atoms with E-state index in [1.807, 2.05) is 0 Å². The smallest absolute Gasteiger partial charge is 0.319 e. The Morgan fingerprint density at radius 2 is 1.38 bits per heavy atom. The number of hydroxylamine groups is 2. The summed E-state index contributed by atoms with van der Waals surface area (Å²) in [5.41, 5.74) is 1.98. The molecule has 7 rings (SSSR count). The number of carbonyl (C=O) groups is 6. The van der Waals surface area contributed by atoms with Crippen molar-refractivity contribution in [3.63, 3.8) is 0 Å². The molecule has 5 fully saturated rings. The van der Waals surface area contributed by atoms with Gasteiger partial charge in [-0.1, -0.05) is 90.4 Å². The number of urea groups is 1. The fourth-order valence-electron chi connectivity index (χ4n) is 9.24. The van der Waals surface area contributed by atoms with Gasteiger partial charge in [-0.05, 0) is 55.9 Å². The summed E-state index contributed by atoms with van der Waals surface area (Å²) in [5.74, 6) is 0.172. The van der Waals surface area contributed by atoms with Gasteiger partial charge in [0.15, 0.2) is 0 Å². The molecule has 5 aliphatic rings. The van der Waals surface area contributed by atoms with Crippen LogP contribution in [0.1, 0.15) is 183 Å². The number of unbranched alkanes of at least 4 members (excludes halogenated alkanes) is 3. The molecule has 21 heteroatoms. The Morgan fingerprint density at radius 1 is 0.795 bits per heavy atom. The summed E-state index contributed by atoms with van der Waals surface area (Å²) >= 11 is 0.0146. The van der Waals surface area contributed by atoms with Gasteiger partial charge in [-0.15, -0.1) is 0 Å². The minimum absolute atomic E-state index is 0. The van der Waals surface area contributed by atoms with Crippen LogP contribution in [-0.2, 0) is 114 Å². The molecule has 1 heterocycles. The fraction of sp³-hybridized carbons (Fsp3) is 0.654. The summed E-state index contributed by atoms with van der Waals surface area (Å²) in [6.07, 6.45) is 23.8. The first kappa shape index (κ1) is 71.2. The molecule has 4 N–H and O–H groups in total. The number of hydrogen-bond acceptors (Lipinski definition) is 10. The van der Waals surface area contributed by atoms with Gasteiger partial charge in [-0.25, -0.2) is 4.79 Å². The van der Waals surface area contributed by atoms with Gasteiger partial charge < -0.3 is 29.9 Å². The molecule has 2 aromatic rings. The molecule has 4 aliphatic carbocycles. The minimum Gasteiger partial charge on any atom is -0.779 e. The van der Waals surface area contributed by atoms with Crippen LogP contribution in [0.4, 0.5) is 16.2 Å². The van der Waals surface area contributed by atoms with Crippen molar-refractivity contribution in [3.05, 3.63) is 53.6 Å². The molecule has 1 aliphatic heterocycles. The van der Waals surface area contributed by atoms with E-state index in [9.17, 15) is 38.2 Å². The van der Waals surface area contributed by atoms with Crippen LogP contribution in [-0.4, -0.2) is 66.6 Å². The largest absolute Gasteiger partial charge is 0.779 e. The molecule has 0 spiro atoms. The van der Waals surface area contributed by atoms with E-state index in [0.29, 0.717) is 62.2 Å². The van der Waals surface area contributed by atoms with Crippen molar-refractivity contribution in [2.45, 2.75) is 169 Å². The summed E-state index contributed by atoms with van der Waals surface area (Å²) in [7, 11) is -3.63. The Balaban J connectivity index is 0.00000112. The van der Waals surface area contributed by atoms with Gasteiger partial charge in [0.05, 0.1) is 6.61 Å². The average Bonchev–Trinajstić information content (AvgIpc) is 4.18. The van der Waals surface area contributed by atoms with Crippen molar-refractivity contribution in [3.8, 4) is 0 Å². The van der Waals surface area contributed by atoms with Crippen molar-refractivity contribution in [2.75, 3.05) is 30.5 Å². The second-order valence-corrected chi connectivity index (χ2v) is 24.3. The molecule has 73 heavy (non-hydrogen) atoms. The van der Waals surface area contributed by atoms with Crippen molar-refractivity contribution in [2.24, 2.45) is 29.6 Å². The fourth-order valence-corrected chi connectivity index (χ4v) is 11.5. The summed E-state index contributed by atoms with van der Waals surface area (Å²) < 4.78 is 16.2. The zero-order valence-electron chi connectivity index (χ0n) is 43.8. The molecular formula is C52H77Fe2HeHfHgN5O10P-2. The van der Waals surface area contributed by atoms with Crippen molar-refractivity contribution >= 4 is 57.7 Å². The van der Waals surface area contributed by atoms with Gasteiger partial charge in [0.2, 0.25) is 0 Å². The van der Waals surface area contributed by atoms with Crippen LogP contribution < -0.4 is 29.2 Å². The van der Waals surface area contributed by atoms with Crippen molar-refractivity contribution < 1.29 is 140 Å². The van der Waals surface area contributed by atoms with Crippen LogP contribution >= 0.6 is 7.60 Å². The summed E-state index contributed by atoms with van der Waals surface area (Å²) in [6, 6.07) is 13.0. The minimum atomic E-state index is -3.63. The topological polar surface area (TPSA) is 212 Å². The van der Waals surface area contributed by atoms with E-state index in [2.05, 4.69) is 48.1 Å². The third-order valence-corrected chi connectivity index (χ3v) is 16.6. The summed E-state index contributed by atoms with van der Waals surface area (Å²) in [4.78, 5) is 88.5. The van der Waals surface area contributed by atoms with Gasteiger partial charge >= 0.3 is 193 Å². The Labute approximate surface area is 491 Å². The zero-order valence-corrected chi connectivity index (χ0v) is 56.0. The van der Waals surface area contributed by atoms with Crippen LogP contribution in [0, 0.1) is 41.8 Å². The molecule has 6 amide bonds. The Bertz CT molecular complexity index is 2040. The Morgan fingerprint density at radius 3 is 1.89 bits per heavy atom. The third kappa shape index (κ3) is 27.4. The van der Waals surface area contributed by atoms with Crippen LogP contribution in [0.15, 0.2) is 36.4 Å². The average molecular weight is 1460 g/mol. The first-order valence-electron chi connectivity index (χ1n) is 25.6. The van der Waals surface area contributed by atoms with E-state index >= 15 is 0 Å².